The summed E-state index contributed by atoms with van der Waals surface area (Å²) in [5.41, 5.74) is 2.11. The van der Waals surface area contributed by atoms with E-state index in [0.29, 0.717) is 37.1 Å². The third-order valence-corrected chi connectivity index (χ3v) is 6.29. The number of hydrogen-bond acceptors (Lipinski definition) is 6. The van der Waals surface area contributed by atoms with Gasteiger partial charge in [-0.05, 0) is 54.8 Å². The lowest BCUT2D eigenvalue weighted by atomic mass is 9.94. The van der Waals surface area contributed by atoms with E-state index < -0.39 is 17.7 Å². The lowest BCUT2D eigenvalue weighted by Crippen LogP contribution is -2.31. The lowest BCUT2D eigenvalue weighted by Gasteiger charge is -2.25. The SMILES string of the molecule is C[C@H]1Cc2cc(C(O)=C3C(=O)C(=O)N(CCCn4ccnc4)[C@H]3c3ccc(O)cc3)ccc2O1. The molecular weight excluding hydrogens is 434 g/mol. The number of ketones is 1. The molecule has 1 aromatic heterocycles. The molecule has 1 saturated heterocycles. The van der Waals surface area contributed by atoms with E-state index in [1.54, 1.807) is 36.8 Å². The highest BCUT2D eigenvalue weighted by molar-refractivity contribution is 6.46. The highest BCUT2D eigenvalue weighted by Crippen LogP contribution is 2.41. The molecule has 34 heavy (non-hydrogen) atoms. The van der Waals surface area contributed by atoms with Crippen LogP contribution in [-0.4, -0.2) is 49.0 Å². The number of phenolic OH excluding ortho intramolecular Hbond substituents is 1. The average Bonchev–Trinajstić information content (AvgIpc) is 3.53. The standard InChI is InChI=1S/C26H25N3O5/c1-16-13-19-14-18(5-8-21(19)34-16)24(31)22-23(17-3-6-20(30)7-4-17)29(26(33)25(22)32)11-2-10-28-12-9-27-15-28/h3-9,12,14-16,23,30-31H,2,10-11,13H2,1H3/t16-,23-/m0/s1. The van der Waals surface area contributed by atoms with E-state index in [1.807, 2.05) is 23.8 Å². The Bertz CT molecular complexity index is 1260. The van der Waals surface area contributed by atoms with Gasteiger partial charge >= 0.3 is 0 Å². The Morgan fingerprint density at radius 1 is 1.15 bits per heavy atom. The fraction of sp³-hybridized carbons (Fsp3) is 0.269. The minimum atomic E-state index is -0.758. The number of nitrogens with zero attached hydrogens (tertiary/aromatic N) is 3. The molecule has 2 aliphatic rings. The molecule has 0 saturated carbocycles. The van der Waals surface area contributed by atoms with Crippen molar-refractivity contribution < 1.29 is 24.5 Å². The van der Waals surface area contributed by atoms with Gasteiger partial charge in [-0.1, -0.05) is 12.1 Å². The zero-order valence-corrected chi connectivity index (χ0v) is 18.7. The minimum Gasteiger partial charge on any atom is -0.508 e. The summed E-state index contributed by atoms with van der Waals surface area (Å²) < 4.78 is 7.64. The third kappa shape index (κ3) is 3.91. The maximum absolute atomic E-state index is 13.2. The van der Waals surface area contributed by atoms with Gasteiger partial charge in [-0.15, -0.1) is 0 Å². The number of aromatic hydroxyl groups is 1. The van der Waals surface area contributed by atoms with E-state index in [0.717, 1.165) is 11.3 Å². The van der Waals surface area contributed by atoms with Crippen LogP contribution < -0.4 is 4.74 Å². The van der Waals surface area contributed by atoms with Gasteiger partial charge in [0.25, 0.3) is 11.7 Å². The molecule has 0 radical (unpaired) electrons. The van der Waals surface area contributed by atoms with Crippen LogP contribution in [0.15, 0.2) is 66.8 Å². The Hall–Kier alpha value is -4.07. The van der Waals surface area contributed by atoms with Crippen molar-refractivity contribution in [2.45, 2.75) is 38.5 Å². The molecule has 1 fully saturated rings. The van der Waals surface area contributed by atoms with Gasteiger partial charge in [0.05, 0.1) is 17.9 Å². The molecule has 0 bridgehead atoms. The molecule has 3 heterocycles. The molecule has 174 valence electrons. The van der Waals surface area contributed by atoms with Crippen LogP contribution >= 0.6 is 0 Å². The number of phenols is 1. The first kappa shape index (κ1) is 21.8. The predicted octanol–water partition coefficient (Wildman–Crippen LogP) is 3.42. The van der Waals surface area contributed by atoms with E-state index in [-0.39, 0.29) is 23.2 Å². The van der Waals surface area contributed by atoms with Crippen LogP contribution in [0.25, 0.3) is 5.76 Å². The number of carbonyl (C=O) groups excluding carboxylic acids is 2. The molecule has 8 nitrogen and oxygen atoms in total. The fourth-order valence-corrected chi connectivity index (χ4v) is 4.68. The average molecular weight is 460 g/mol. The molecule has 0 aliphatic carbocycles. The van der Waals surface area contributed by atoms with Crippen LogP contribution in [0.4, 0.5) is 0 Å². The Balaban J connectivity index is 1.52. The predicted molar refractivity (Wildman–Crippen MR) is 124 cm³/mol. The van der Waals surface area contributed by atoms with E-state index in [1.165, 1.54) is 17.0 Å². The molecule has 0 unspecified atom stereocenters. The van der Waals surface area contributed by atoms with Crippen molar-refractivity contribution in [3.63, 3.8) is 0 Å². The van der Waals surface area contributed by atoms with Gasteiger partial charge in [-0.3, -0.25) is 9.59 Å². The molecule has 3 aromatic rings. The topological polar surface area (TPSA) is 105 Å². The summed E-state index contributed by atoms with van der Waals surface area (Å²) in [7, 11) is 0. The van der Waals surface area contributed by atoms with Crippen molar-refractivity contribution in [1.82, 2.24) is 14.5 Å². The van der Waals surface area contributed by atoms with Gasteiger partial charge in [-0.25, -0.2) is 4.98 Å². The maximum Gasteiger partial charge on any atom is 0.295 e. The molecule has 8 heteroatoms. The first-order valence-electron chi connectivity index (χ1n) is 11.3. The van der Waals surface area contributed by atoms with Crippen LogP contribution in [0.2, 0.25) is 0 Å². The normalized spacial score (nSPS) is 21.0. The van der Waals surface area contributed by atoms with Crippen molar-refractivity contribution in [3.05, 3.63) is 83.4 Å². The van der Waals surface area contributed by atoms with Gasteiger partial charge < -0.3 is 24.4 Å². The summed E-state index contributed by atoms with van der Waals surface area (Å²) in [6, 6.07) is 10.9. The zero-order valence-electron chi connectivity index (χ0n) is 18.7. The Kier molecular flexibility index (Phi) is 5.57. The minimum absolute atomic E-state index is 0.0465. The number of likely N-dealkylation sites (tertiary alicyclic amines) is 1. The van der Waals surface area contributed by atoms with Gasteiger partial charge in [0.1, 0.15) is 23.4 Å². The van der Waals surface area contributed by atoms with E-state index in [4.69, 9.17) is 4.74 Å². The molecular formula is C26H25N3O5. The Morgan fingerprint density at radius 2 is 1.94 bits per heavy atom. The van der Waals surface area contributed by atoms with Crippen LogP contribution in [0, 0.1) is 0 Å². The number of aliphatic hydroxyl groups is 1. The molecule has 2 atom stereocenters. The summed E-state index contributed by atoms with van der Waals surface area (Å²) >= 11 is 0. The van der Waals surface area contributed by atoms with Gasteiger partial charge in [-0.2, -0.15) is 0 Å². The molecule has 2 N–H and O–H groups in total. The summed E-state index contributed by atoms with van der Waals surface area (Å²) in [5, 5.41) is 21.0. The van der Waals surface area contributed by atoms with Crippen molar-refractivity contribution in [2.24, 2.45) is 0 Å². The summed E-state index contributed by atoms with van der Waals surface area (Å²) in [5.74, 6) is -0.741. The number of imidazole rings is 1. The van der Waals surface area contributed by atoms with Crippen molar-refractivity contribution in [1.29, 1.82) is 0 Å². The first-order chi connectivity index (χ1) is 16.4. The summed E-state index contributed by atoms with van der Waals surface area (Å²) in [6.45, 7) is 2.93. The Labute approximate surface area is 196 Å². The quantitative estimate of drug-likeness (QED) is 0.333. The number of benzene rings is 2. The molecule has 2 aromatic carbocycles. The smallest absolute Gasteiger partial charge is 0.295 e. The number of aryl methyl sites for hydroxylation is 1. The summed E-state index contributed by atoms with van der Waals surface area (Å²) in [6.07, 6.45) is 6.58. The number of rotatable bonds is 6. The van der Waals surface area contributed by atoms with Gasteiger partial charge in [0.15, 0.2) is 0 Å². The number of Topliss-reactive ketones (excluding diaryl/α,β-unsaturated/α-hetero) is 1. The molecule has 2 aliphatic heterocycles. The van der Waals surface area contributed by atoms with Crippen molar-refractivity contribution >= 4 is 17.4 Å². The number of carbonyl (C=O) groups is 2. The number of aromatic nitrogens is 2. The highest BCUT2D eigenvalue weighted by Gasteiger charge is 2.45. The maximum atomic E-state index is 13.2. The largest absolute Gasteiger partial charge is 0.508 e. The highest BCUT2D eigenvalue weighted by atomic mass is 16.5. The van der Waals surface area contributed by atoms with Gasteiger partial charge in [0.2, 0.25) is 0 Å². The monoisotopic (exact) mass is 459 g/mol. The van der Waals surface area contributed by atoms with Crippen LogP contribution in [0.3, 0.4) is 0 Å². The van der Waals surface area contributed by atoms with Crippen LogP contribution in [0.5, 0.6) is 11.5 Å². The van der Waals surface area contributed by atoms with Crippen LogP contribution in [-0.2, 0) is 22.6 Å². The third-order valence-electron chi connectivity index (χ3n) is 6.29. The second kappa shape index (κ2) is 8.70. The van der Waals surface area contributed by atoms with Gasteiger partial charge in [0, 0.05) is 37.5 Å². The number of fused-ring (bicyclic) bond motifs is 1. The van der Waals surface area contributed by atoms with E-state index in [2.05, 4.69) is 4.98 Å². The molecule has 0 spiro atoms. The second-order valence-corrected chi connectivity index (χ2v) is 8.69. The fourth-order valence-electron chi connectivity index (χ4n) is 4.68. The second-order valence-electron chi connectivity index (χ2n) is 8.69. The van der Waals surface area contributed by atoms with E-state index in [9.17, 15) is 19.8 Å². The van der Waals surface area contributed by atoms with Crippen molar-refractivity contribution in [2.75, 3.05) is 6.54 Å². The zero-order chi connectivity index (χ0) is 23.8. The number of amides is 1. The number of ether oxygens (including phenoxy) is 1. The first-order valence-corrected chi connectivity index (χ1v) is 11.3. The number of aliphatic hydroxyl groups excluding tert-OH is 1. The lowest BCUT2D eigenvalue weighted by molar-refractivity contribution is -0.139. The molecule has 1 amide bonds. The van der Waals surface area contributed by atoms with E-state index >= 15 is 0 Å². The van der Waals surface area contributed by atoms with Crippen LogP contribution in [0.1, 0.15) is 36.1 Å². The van der Waals surface area contributed by atoms with Crippen molar-refractivity contribution in [3.8, 4) is 11.5 Å². The Morgan fingerprint density at radius 3 is 2.68 bits per heavy atom. The molecule has 5 rings (SSSR count). The summed E-state index contributed by atoms with van der Waals surface area (Å²) in [4.78, 5) is 31.7. The number of hydrogen-bond donors (Lipinski definition) is 2.